The molecule has 46 valence electrons. The van der Waals surface area contributed by atoms with Gasteiger partial charge in [-0.2, -0.15) is 0 Å². The Morgan fingerprint density at radius 1 is 1.62 bits per heavy atom. The summed E-state index contributed by atoms with van der Waals surface area (Å²) in [6, 6.07) is 0. The molecule has 1 saturated carbocycles. The van der Waals surface area contributed by atoms with Crippen LogP contribution in [0.1, 0.15) is 27.2 Å². The Morgan fingerprint density at radius 3 is 2.25 bits per heavy atom. The van der Waals surface area contributed by atoms with Crippen LogP contribution in [0.25, 0.3) is 0 Å². The lowest BCUT2D eigenvalue weighted by Gasteiger charge is -1.96. The van der Waals surface area contributed by atoms with Crippen molar-refractivity contribution in [2.24, 2.45) is 17.8 Å². The molecule has 0 bridgehead atoms. The van der Waals surface area contributed by atoms with Gasteiger partial charge in [0.15, 0.2) is 0 Å². The predicted octanol–water partition coefficient (Wildman–Crippen LogP) is 2.50. The number of hydrogen-bond acceptors (Lipinski definition) is 0. The van der Waals surface area contributed by atoms with E-state index in [1.807, 2.05) is 0 Å². The van der Waals surface area contributed by atoms with Gasteiger partial charge in [0.05, 0.1) is 6.42 Å². The fourth-order valence-corrected chi connectivity index (χ4v) is 1.27. The van der Waals surface area contributed by atoms with Gasteiger partial charge in [-0.15, -0.1) is 0 Å². The maximum absolute atomic E-state index is 2.44. The molecule has 1 aliphatic rings. The molecule has 0 N–H and O–H groups in total. The maximum Gasteiger partial charge on any atom is 0.143 e. The monoisotopic (exact) mass is 111 g/mol. The van der Waals surface area contributed by atoms with Gasteiger partial charge < -0.3 is 0 Å². The highest BCUT2D eigenvalue weighted by molar-refractivity contribution is 5.04. The molecule has 0 spiro atoms. The fraction of sp³-hybridized carbons (Fsp3) is 0.875. The largest absolute Gasteiger partial charge is 0.143 e. The Morgan fingerprint density at radius 2 is 2.12 bits per heavy atom. The van der Waals surface area contributed by atoms with Gasteiger partial charge in [0.2, 0.25) is 0 Å². The lowest BCUT2D eigenvalue weighted by Crippen LogP contribution is -1.94. The summed E-state index contributed by atoms with van der Waals surface area (Å²) < 4.78 is 0. The van der Waals surface area contributed by atoms with E-state index in [-0.39, 0.29) is 0 Å². The molecule has 0 radical (unpaired) electrons. The molecule has 1 fully saturated rings. The van der Waals surface area contributed by atoms with Crippen molar-refractivity contribution in [1.82, 2.24) is 0 Å². The van der Waals surface area contributed by atoms with Crippen LogP contribution >= 0.6 is 0 Å². The Bertz CT molecular complexity index is 74.1. The summed E-state index contributed by atoms with van der Waals surface area (Å²) in [6.07, 6.45) is 3.78. The molecule has 0 nitrogen and oxygen atoms in total. The summed E-state index contributed by atoms with van der Waals surface area (Å²) in [7, 11) is 0. The van der Waals surface area contributed by atoms with Crippen LogP contribution < -0.4 is 0 Å². The minimum atomic E-state index is 0.921. The Hall–Kier alpha value is -0.130. The zero-order chi connectivity index (χ0) is 6.15. The van der Waals surface area contributed by atoms with E-state index in [0.717, 1.165) is 17.8 Å². The molecule has 0 aromatic rings. The summed E-state index contributed by atoms with van der Waals surface area (Å²) in [6.45, 7) is 6.91. The van der Waals surface area contributed by atoms with E-state index in [0.29, 0.717) is 0 Å². The van der Waals surface area contributed by atoms with Crippen molar-refractivity contribution in [2.45, 2.75) is 27.2 Å². The van der Waals surface area contributed by atoms with Gasteiger partial charge in [-0.25, -0.2) is 0 Å². The lowest BCUT2D eigenvalue weighted by atomic mass is 10.0. The molecule has 0 heterocycles. The molecule has 0 aromatic heterocycles. The topological polar surface area (TPSA) is 0 Å². The van der Waals surface area contributed by atoms with Crippen molar-refractivity contribution >= 4 is 0 Å². The van der Waals surface area contributed by atoms with Gasteiger partial charge in [0, 0.05) is 5.92 Å². The minimum absolute atomic E-state index is 0.921. The SMILES string of the molecule is CCC(C)C1[CH+]C1C. The Kier molecular flexibility index (Phi) is 1.50. The average molecular weight is 111 g/mol. The van der Waals surface area contributed by atoms with Crippen LogP contribution in [0.4, 0.5) is 0 Å². The molecule has 3 atom stereocenters. The summed E-state index contributed by atoms with van der Waals surface area (Å²) in [5.41, 5.74) is 0. The standard InChI is InChI=1S/C8H15/c1-4-6(2)8-5-7(8)3/h5-8H,4H2,1-3H3/q+1. The van der Waals surface area contributed by atoms with Crippen molar-refractivity contribution < 1.29 is 0 Å². The summed E-state index contributed by atoms with van der Waals surface area (Å²) in [4.78, 5) is 0. The molecule has 8 heavy (non-hydrogen) atoms. The van der Waals surface area contributed by atoms with Crippen LogP contribution in [-0.2, 0) is 0 Å². The quantitative estimate of drug-likeness (QED) is 0.480. The second-order valence-corrected chi connectivity index (χ2v) is 3.01. The van der Waals surface area contributed by atoms with Gasteiger partial charge in [0.1, 0.15) is 11.8 Å². The molecule has 0 heteroatoms. The van der Waals surface area contributed by atoms with Crippen LogP contribution in [0.15, 0.2) is 0 Å². The molecule has 0 saturated heterocycles. The highest BCUT2D eigenvalue weighted by Gasteiger charge is 2.49. The fourth-order valence-electron chi connectivity index (χ4n) is 1.27. The molecule has 0 amide bonds. The second-order valence-electron chi connectivity index (χ2n) is 3.01. The van der Waals surface area contributed by atoms with Gasteiger partial charge in [-0.05, 0) is 13.3 Å². The molecule has 1 rings (SSSR count). The van der Waals surface area contributed by atoms with E-state index in [2.05, 4.69) is 27.2 Å². The normalized spacial score (nSPS) is 38.4. The summed E-state index contributed by atoms with van der Waals surface area (Å²) >= 11 is 0. The van der Waals surface area contributed by atoms with Crippen molar-refractivity contribution in [3.63, 3.8) is 0 Å². The zero-order valence-electron chi connectivity index (χ0n) is 6.02. The molecular formula is C8H15+. The predicted molar refractivity (Wildman–Crippen MR) is 36.4 cm³/mol. The third kappa shape index (κ3) is 0.988. The first kappa shape index (κ1) is 6.00. The van der Waals surface area contributed by atoms with Crippen molar-refractivity contribution in [2.75, 3.05) is 0 Å². The van der Waals surface area contributed by atoms with E-state index in [4.69, 9.17) is 0 Å². The van der Waals surface area contributed by atoms with Crippen molar-refractivity contribution in [3.05, 3.63) is 6.42 Å². The highest BCUT2D eigenvalue weighted by atomic mass is 14.4. The molecule has 0 aromatic carbocycles. The van der Waals surface area contributed by atoms with Crippen molar-refractivity contribution in [1.29, 1.82) is 0 Å². The van der Waals surface area contributed by atoms with Gasteiger partial charge >= 0.3 is 0 Å². The number of hydrogen-bond donors (Lipinski definition) is 0. The molecule has 3 unspecified atom stereocenters. The van der Waals surface area contributed by atoms with Crippen LogP contribution in [0.3, 0.4) is 0 Å². The van der Waals surface area contributed by atoms with Crippen LogP contribution in [-0.4, -0.2) is 0 Å². The zero-order valence-corrected chi connectivity index (χ0v) is 6.02. The van der Waals surface area contributed by atoms with E-state index >= 15 is 0 Å². The lowest BCUT2D eigenvalue weighted by molar-refractivity contribution is 0.475. The van der Waals surface area contributed by atoms with Crippen LogP contribution in [0.2, 0.25) is 0 Å². The van der Waals surface area contributed by atoms with Gasteiger partial charge in [-0.1, -0.05) is 13.8 Å². The van der Waals surface area contributed by atoms with E-state index < -0.39 is 0 Å². The average Bonchev–Trinajstić information content (AvgIpc) is 2.45. The minimum Gasteiger partial charge on any atom is -0.0650 e. The van der Waals surface area contributed by atoms with E-state index in [1.54, 1.807) is 0 Å². The third-order valence-corrected chi connectivity index (χ3v) is 2.29. The first-order valence-electron chi connectivity index (χ1n) is 3.60. The summed E-state index contributed by atoms with van der Waals surface area (Å²) in [5, 5.41) is 0. The maximum atomic E-state index is 2.44. The molecule has 0 aliphatic heterocycles. The molecular weight excluding hydrogens is 96.1 g/mol. The first-order chi connectivity index (χ1) is 3.75. The van der Waals surface area contributed by atoms with Crippen LogP contribution in [0.5, 0.6) is 0 Å². The Balaban J connectivity index is 2.18. The summed E-state index contributed by atoms with van der Waals surface area (Å²) in [5.74, 6) is 2.81. The van der Waals surface area contributed by atoms with Crippen LogP contribution in [0, 0.1) is 24.2 Å². The first-order valence-corrected chi connectivity index (χ1v) is 3.60. The van der Waals surface area contributed by atoms with Gasteiger partial charge in [0.25, 0.3) is 0 Å². The smallest absolute Gasteiger partial charge is 0.0650 e. The Labute approximate surface area is 52.3 Å². The second kappa shape index (κ2) is 2.00. The van der Waals surface area contributed by atoms with E-state index in [1.165, 1.54) is 6.42 Å². The van der Waals surface area contributed by atoms with Crippen molar-refractivity contribution in [3.8, 4) is 0 Å². The van der Waals surface area contributed by atoms with Gasteiger partial charge in [-0.3, -0.25) is 0 Å². The number of rotatable bonds is 2. The highest BCUT2D eigenvalue weighted by Crippen LogP contribution is 2.43. The molecule has 1 aliphatic carbocycles. The van der Waals surface area contributed by atoms with E-state index in [9.17, 15) is 0 Å². The third-order valence-electron chi connectivity index (χ3n) is 2.29.